The standard InChI is InChI=1S/C18H23NO6/c1-4-18(2,17(22)23-3)19-16(21)8-6-13(20)12-5-7-14-15(11-12)25-10-9-24-14/h5,7,11H,4,6,8-10H2,1-3H3,(H,19,21)/t18-/m1/s1. The summed E-state index contributed by atoms with van der Waals surface area (Å²) in [6.45, 7) is 4.30. The Balaban J connectivity index is 1.93. The van der Waals surface area contributed by atoms with Gasteiger partial charge in [-0.05, 0) is 31.5 Å². The fourth-order valence-corrected chi connectivity index (χ4v) is 2.47. The number of carbonyl (C=O) groups is 3. The molecule has 136 valence electrons. The lowest BCUT2D eigenvalue weighted by molar-refractivity contribution is -0.150. The Morgan fingerprint density at radius 2 is 1.84 bits per heavy atom. The van der Waals surface area contributed by atoms with E-state index in [-0.39, 0.29) is 24.5 Å². The van der Waals surface area contributed by atoms with Crippen LogP contribution in [0.5, 0.6) is 11.5 Å². The van der Waals surface area contributed by atoms with Crippen molar-refractivity contribution in [2.45, 2.75) is 38.6 Å². The molecular formula is C18H23NO6. The minimum Gasteiger partial charge on any atom is -0.486 e. The number of hydrogen-bond donors (Lipinski definition) is 1. The molecule has 1 amide bonds. The van der Waals surface area contributed by atoms with Crippen molar-refractivity contribution >= 4 is 17.7 Å². The number of benzene rings is 1. The van der Waals surface area contributed by atoms with Gasteiger partial charge in [-0.15, -0.1) is 0 Å². The molecule has 7 nitrogen and oxygen atoms in total. The average Bonchev–Trinajstić information content (AvgIpc) is 2.64. The number of amides is 1. The van der Waals surface area contributed by atoms with Crippen molar-refractivity contribution in [3.05, 3.63) is 23.8 Å². The Hall–Kier alpha value is -2.57. The summed E-state index contributed by atoms with van der Waals surface area (Å²) in [5.41, 5.74) is -0.630. The Morgan fingerprint density at radius 1 is 1.16 bits per heavy atom. The minimum atomic E-state index is -1.09. The van der Waals surface area contributed by atoms with Crippen molar-refractivity contribution in [2.75, 3.05) is 20.3 Å². The Morgan fingerprint density at radius 3 is 2.48 bits per heavy atom. The van der Waals surface area contributed by atoms with Crippen molar-refractivity contribution in [3.63, 3.8) is 0 Å². The number of esters is 1. The van der Waals surface area contributed by atoms with Crippen LogP contribution in [-0.2, 0) is 14.3 Å². The predicted octanol–water partition coefficient (Wildman–Crippen LogP) is 1.88. The molecule has 1 atom stereocenters. The first-order valence-electron chi connectivity index (χ1n) is 8.22. The summed E-state index contributed by atoms with van der Waals surface area (Å²) in [5.74, 6) is 0.0775. The second-order valence-electron chi connectivity index (χ2n) is 6.01. The van der Waals surface area contributed by atoms with Crippen LogP contribution >= 0.6 is 0 Å². The summed E-state index contributed by atoms with van der Waals surface area (Å²) < 4.78 is 15.6. The van der Waals surface area contributed by atoms with Gasteiger partial charge in [0, 0.05) is 18.4 Å². The highest BCUT2D eigenvalue weighted by atomic mass is 16.6. The molecule has 1 aliphatic heterocycles. The predicted molar refractivity (Wildman–Crippen MR) is 89.9 cm³/mol. The van der Waals surface area contributed by atoms with Crippen molar-refractivity contribution in [1.29, 1.82) is 0 Å². The summed E-state index contributed by atoms with van der Waals surface area (Å²) in [7, 11) is 1.27. The number of ether oxygens (including phenoxy) is 3. The van der Waals surface area contributed by atoms with Crippen molar-refractivity contribution in [2.24, 2.45) is 0 Å². The van der Waals surface area contributed by atoms with Gasteiger partial charge in [0.05, 0.1) is 7.11 Å². The van der Waals surface area contributed by atoms with Gasteiger partial charge in [0.15, 0.2) is 17.3 Å². The van der Waals surface area contributed by atoms with Gasteiger partial charge >= 0.3 is 5.97 Å². The molecule has 1 aliphatic rings. The van der Waals surface area contributed by atoms with Crippen LogP contribution in [-0.4, -0.2) is 43.5 Å². The van der Waals surface area contributed by atoms with E-state index in [1.165, 1.54) is 7.11 Å². The lowest BCUT2D eigenvalue weighted by Crippen LogP contribution is -2.52. The van der Waals surface area contributed by atoms with Gasteiger partial charge in [-0.25, -0.2) is 4.79 Å². The van der Waals surface area contributed by atoms with E-state index in [1.54, 1.807) is 32.0 Å². The molecule has 0 fully saturated rings. The van der Waals surface area contributed by atoms with E-state index in [1.807, 2.05) is 0 Å². The number of hydrogen-bond acceptors (Lipinski definition) is 6. The van der Waals surface area contributed by atoms with Gasteiger partial charge in [0.1, 0.15) is 18.8 Å². The number of nitrogens with one attached hydrogen (secondary N) is 1. The van der Waals surface area contributed by atoms with Crippen LogP contribution in [0.2, 0.25) is 0 Å². The second-order valence-corrected chi connectivity index (χ2v) is 6.01. The molecule has 1 aromatic carbocycles. The molecule has 0 aliphatic carbocycles. The van der Waals surface area contributed by atoms with E-state index in [2.05, 4.69) is 5.32 Å². The highest BCUT2D eigenvalue weighted by molar-refractivity contribution is 5.99. The average molecular weight is 349 g/mol. The van der Waals surface area contributed by atoms with E-state index in [4.69, 9.17) is 14.2 Å². The normalized spacial score (nSPS) is 15.0. The third-order valence-corrected chi connectivity index (χ3v) is 4.20. The first kappa shape index (κ1) is 18.8. The maximum absolute atomic E-state index is 12.3. The summed E-state index contributed by atoms with van der Waals surface area (Å²) in [4.78, 5) is 36.1. The highest BCUT2D eigenvalue weighted by Gasteiger charge is 2.34. The minimum absolute atomic E-state index is 0.0140. The van der Waals surface area contributed by atoms with Gasteiger partial charge in [0.25, 0.3) is 0 Å². The number of fused-ring (bicyclic) bond motifs is 1. The number of methoxy groups -OCH3 is 1. The quantitative estimate of drug-likeness (QED) is 0.597. The zero-order valence-electron chi connectivity index (χ0n) is 14.7. The first-order valence-corrected chi connectivity index (χ1v) is 8.22. The summed E-state index contributed by atoms with van der Waals surface area (Å²) in [6.07, 6.45) is 0.411. The van der Waals surface area contributed by atoms with Gasteiger partial charge in [0.2, 0.25) is 5.91 Å². The van der Waals surface area contributed by atoms with Crippen molar-refractivity contribution in [3.8, 4) is 11.5 Å². The lowest BCUT2D eigenvalue weighted by atomic mass is 9.98. The third-order valence-electron chi connectivity index (χ3n) is 4.20. The fraction of sp³-hybridized carbons (Fsp3) is 0.500. The zero-order chi connectivity index (χ0) is 18.4. The molecule has 1 aromatic rings. The van der Waals surface area contributed by atoms with E-state index in [0.29, 0.717) is 36.7 Å². The molecule has 0 saturated carbocycles. The molecule has 2 rings (SSSR count). The van der Waals surface area contributed by atoms with Gasteiger partial charge in [-0.2, -0.15) is 0 Å². The van der Waals surface area contributed by atoms with Crippen LogP contribution in [0.3, 0.4) is 0 Å². The molecule has 1 heterocycles. The van der Waals surface area contributed by atoms with Crippen LogP contribution < -0.4 is 14.8 Å². The van der Waals surface area contributed by atoms with Crippen LogP contribution in [0, 0.1) is 0 Å². The van der Waals surface area contributed by atoms with E-state index in [0.717, 1.165) is 0 Å². The summed E-state index contributed by atoms with van der Waals surface area (Å²) in [5, 5.41) is 2.64. The molecule has 0 unspecified atom stereocenters. The topological polar surface area (TPSA) is 90.9 Å². The number of ketones is 1. The number of carbonyl (C=O) groups excluding carboxylic acids is 3. The molecular weight excluding hydrogens is 326 g/mol. The van der Waals surface area contributed by atoms with E-state index < -0.39 is 11.5 Å². The molecule has 0 radical (unpaired) electrons. The van der Waals surface area contributed by atoms with Gasteiger partial charge < -0.3 is 19.5 Å². The van der Waals surface area contributed by atoms with Gasteiger partial charge in [-0.3, -0.25) is 9.59 Å². The van der Waals surface area contributed by atoms with Crippen LogP contribution in [0.4, 0.5) is 0 Å². The summed E-state index contributed by atoms with van der Waals surface area (Å²) >= 11 is 0. The Kier molecular flexibility index (Phi) is 6.01. The van der Waals surface area contributed by atoms with Crippen LogP contribution in [0.1, 0.15) is 43.5 Å². The highest BCUT2D eigenvalue weighted by Crippen LogP contribution is 2.31. The summed E-state index contributed by atoms with van der Waals surface area (Å²) in [6, 6.07) is 4.96. The molecule has 25 heavy (non-hydrogen) atoms. The van der Waals surface area contributed by atoms with Crippen LogP contribution in [0.25, 0.3) is 0 Å². The van der Waals surface area contributed by atoms with Crippen LogP contribution in [0.15, 0.2) is 18.2 Å². The Labute approximate surface area is 146 Å². The number of rotatable bonds is 7. The molecule has 1 N–H and O–H groups in total. The van der Waals surface area contributed by atoms with Gasteiger partial charge in [-0.1, -0.05) is 6.92 Å². The first-order chi connectivity index (χ1) is 11.9. The lowest BCUT2D eigenvalue weighted by Gasteiger charge is -2.26. The van der Waals surface area contributed by atoms with E-state index in [9.17, 15) is 14.4 Å². The smallest absolute Gasteiger partial charge is 0.331 e. The third kappa shape index (κ3) is 4.49. The zero-order valence-corrected chi connectivity index (χ0v) is 14.7. The molecule has 0 saturated heterocycles. The monoisotopic (exact) mass is 349 g/mol. The maximum atomic E-state index is 12.3. The molecule has 7 heteroatoms. The number of Topliss-reactive ketones (excluding diaryl/α,β-unsaturated/α-hetero) is 1. The van der Waals surface area contributed by atoms with E-state index >= 15 is 0 Å². The fourth-order valence-electron chi connectivity index (χ4n) is 2.47. The SMILES string of the molecule is CC[C@@](C)(NC(=O)CCC(=O)c1ccc2c(c1)OCCO2)C(=O)OC. The molecule has 0 aromatic heterocycles. The Bertz CT molecular complexity index is 672. The molecule has 0 bridgehead atoms. The van der Waals surface area contributed by atoms with Crippen molar-refractivity contribution < 1.29 is 28.6 Å². The second kappa shape index (κ2) is 8.00. The molecule has 0 spiro atoms. The maximum Gasteiger partial charge on any atom is 0.331 e. The van der Waals surface area contributed by atoms with Crippen molar-refractivity contribution in [1.82, 2.24) is 5.32 Å². The largest absolute Gasteiger partial charge is 0.486 e.